The van der Waals surface area contributed by atoms with Crippen LogP contribution in [0.25, 0.3) is 0 Å². The lowest BCUT2D eigenvalue weighted by molar-refractivity contribution is -0.116. The Kier molecular flexibility index (Phi) is 3.89. The number of hydrogen-bond donors (Lipinski definition) is 2. The van der Waals surface area contributed by atoms with Gasteiger partial charge in [-0.3, -0.25) is 4.79 Å². The van der Waals surface area contributed by atoms with Gasteiger partial charge in [-0.1, -0.05) is 6.92 Å². The number of carbonyl (C=O) groups is 1. The summed E-state index contributed by atoms with van der Waals surface area (Å²) in [6.45, 7) is 5.20. The Balaban J connectivity index is 1.69. The predicted molar refractivity (Wildman–Crippen MR) is 84.7 cm³/mol. The second-order valence-electron chi connectivity index (χ2n) is 6.41. The lowest BCUT2D eigenvalue weighted by Gasteiger charge is -2.38. The van der Waals surface area contributed by atoms with E-state index < -0.39 is 0 Å². The van der Waals surface area contributed by atoms with E-state index >= 15 is 0 Å². The lowest BCUT2D eigenvalue weighted by atomic mass is 9.89. The van der Waals surface area contributed by atoms with Crippen molar-refractivity contribution < 1.29 is 9.53 Å². The molecule has 2 N–H and O–H groups in total. The Morgan fingerprint density at radius 1 is 1.43 bits per heavy atom. The number of hydrogen-bond acceptors (Lipinski definition) is 3. The van der Waals surface area contributed by atoms with Crippen molar-refractivity contribution in [3.05, 3.63) is 23.8 Å². The van der Waals surface area contributed by atoms with Crippen LogP contribution in [0.15, 0.2) is 18.2 Å². The maximum absolute atomic E-state index is 11.4. The molecule has 2 aliphatic heterocycles. The standard InChI is InChI=1S/C17H24N2O2/c1-3-17(2)11-14(8-9-21-17)18-13-5-6-15-12(10-13)4-7-16(20)19-15/h5-6,10,14,18H,3-4,7-9,11H2,1-2H3,(H,19,20). The van der Waals surface area contributed by atoms with Gasteiger partial charge >= 0.3 is 0 Å². The molecule has 2 atom stereocenters. The van der Waals surface area contributed by atoms with Crippen LogP contribution in [-0.4, -0.2) is 24.2 Å². The van der Waals surface area contributed by atoms with Crippen LogP contribution in [0.1, 0.15) is 45.1 Å². The molecule has 114 valence electrons. The molecule has 2 aliphatic rings. The summed E-state index contributed by atoms with van der Waals surface area (Å²) < 4.78 is 5.90. The first-order chi connectivity index (χ1) is 10.1. The third kappa shape index (κ3) is 3.21. The molecule has 3 rings (SSSR count). The zero-order chi connectivity index (χ0) is 14.9. The molecule has 1 amide bonds. The molecule has 1 aromatic carbocycles. The minimum absolute atomic E-state index is 0.00189. The van der Waals surface area contributed by atoms with Gasteiger partial charge in [-0.15, -0.1) is 0 Å². The Morgan fingerprint density at radius 3 is 3.10 bits per heavy atom. The molecule has 2 heterocycles. The van der Waals surface area contributed by atoms with Crippen molar-refractivity contribution in [3.63, 3.8) is 0 Å². The highest BCUT2D eigenvalue weighted by Gasteiger charge is 2.31. The summed E-state index contributed by atoms with van der Waals surface area (Å²) in [6.07, 6.45) is 4.54. The van der Waals surface area contributed by atoms with Crippen LogP contribution in [0, 0.1) is 0 Å². The summed E-state index contributed by atoms with van der Waals surface area (Å²) in [7, 11) is 0. The minimum atomic E-state index is -0.00189. The molecule has 1 saturated heterocycles. The van der Waals surface area contributed by atoms with E-state index in [1.807, 2.05) is 6.07 Å². The fourth-order valence-corrected chi connectivity index (χ4v) is 3.21. The maximum atomic E-state index is 11.4. The van der Waals surface area contributed by atoms with Crippen LogP contribution >= 0.6 is 0 Å². The summed E-state index contributed by atoms with van der Waals surface area (Å²) in [5.74, 6) is 0.117. The van der Waals surface area contributed by atoms with Crippen molar-refractivity contribution in [3.8, 4) is 0 Å². The van der Waals surface area contributed by atoms with Crippen molar-refractivity contribution >= 4 is 17.3 Å². The number of amides is 1. The van der Waals surface area contributed by atoms with E-state index in [1.54, 1.807) is 0 Å². The Hall–Kier alpha value is -1.55. The summed E-state index contributed by atoms with van der Waals surface area (Å²) in [5.41, 5.74) is 3.33. The fourth-order valence-electron chi connectivity index (χ4n) is 3.21. The molecular weight excluding hydrogens is 264 g/mol. The van der Waals surface area contributed by atoms with Crippen molar-refractivity contribution in [2.24, 2.45) is 0 Å². The summed E-state index contributed by atoms with van der Waals surface area (Å²) in [5, 5.41) is 6.57. The van der Waals surface area contributed by atoms with Gasteiger partial charge in [0.15, 0.2) is 0 Å². The van der Waals surface area contributed by atoms with Crippen LogP contribution in [-0.2, 0) is 16.0 Å². The van der Waals surface area contributed by atoms with Gasteiger partial charge in [0.05, 0.1) is 5.60 Å². The van der Waals surface area contributed by atoms with E-state index in [0.29, 0.717) is 12.5 Å². The van der Waals surface area contributed by atoms with Gasteiger partial charge in [0, 0.05) is 30.4 Å². The van der Waals surface area contributed by atoms with E-state index in [0.717, 1.165) is 43.7 Å². The second kappa shape index (κ2) is 5.68. The van der Waals surface area contributed by atoms with Gasteiger partial charge in [0.1, 0.15) is 0 Å². The highest BCUT2D eigenvalue weighted by molar-refractivity contribution is 5.94. The van der Waals surface area contributed by atoms with E-state index in [2.05, 4.69) is 36.6 Å². The quantitative estimate of drug-likeness (QED) is 0.897. The first kappa shape index (κ1) is 14.4. The van der Waals surface area contributed by atoms with Crippen molar-refractivity contribution in [1.82, 2.24) is 0 Å². The number of aryl methyl sites for hydroxylation is 1. The lowest BCUT2D eigenvalue weighted by Crippen LogP contribution is -2.41. The largest absolute Gasteiger partial charge is 0.382 e. The average Bonchev–Trinajstić information content (AvgIpc) is 2.48. The molecule has 2 unspecified atom stereocenters. The van der Waals surface area contributed by atoms with Crippen LogP contribution in [0.2, 0.25) is 0 Å². The number of nitrogens with one attached hydrogen (secondary N) is 2. The number of fused-ring (bicyclic) bond motifs is 1. The Labute approximate surface area is 126 Å². The van der Waals surface area contributed by atoms with Crippen LogP contribution in [0.5, 0.6) is 0 Å². The van der Waals surface area contributed by atoms with Crippen LogP contribution < -0.4 is 10.6 Å². The minimum Gasteiger partial charge on any atom is -0.382 e. The zero-order valence-electron chi connectivity index (χ0n) is 12.9. The smallest absolute Gasteiger partial charge is 0.224 e. The van der Waals surface area contributed by atoms with Crippen LogP contribution in [0.4, 0.5) is 11.4 Å². The molecule has 1 aromatic rings. The van der Waals surface area contributed by atoms with E-state index in [1.165, 1.54) is 5.56 Å². The molecule has 4 nitrogen and oxygen atoms in total. The predicted octanol–water partition coefficient (Wildman–Crippen LogP) is 3.33. The molecule has 0 bridgehead atoms. The highest BCUT2D eigenvalue weighted by atomic mass is 16.5. The first-order valence-electron chi connectivity index (χ1n) is 7.91. The molecule has 1 fully saturated rings. The van der Waals surface area contributed by atoms with Gasteiger partial charge in [-0.05, 0) is 56.4 Å². The first-order valence-corrected chi connectivity index (χ1v) is 7.91. The average molecular weight is 288 g/mol. The Bertz CT molecular complexity index is 544. The van der Waals surface area contributed by atoms with Crippen LogP contribution in [0.3, 0.4) is 0 Å². The van der Waals surface area contributed by atoms with Gasteiger partial charge in [-0.2, -0.15) is 0 Å². The van der Waals surface area contributed by atoms with Gasteiger partial charge in [0.2, 0.25) is 5.91 Å². The summed E-state index contributed by atoms with van der Waals surface area (Å²) >= 11 is 0. The number of anilines is 2. The van der Waals surface area contributed by atoms with Gasteiger partial charge in [-0.25, -0.2) is 0 Å². The van der Waals surface area contributed by atoms with Crippen molar-refractivity contribution in [1.29, 1.82) is 0 Å². The van der Waals surface area contributed by atoms with E-state index in [-0.39, 0.29) is 11.5 Å². The summed E-state index contributed by atoms with van der Waals surface area (Å²) in [6, 6.07) is 6.70. The SMILES string of the molecule is CCC1(C)CC(Nc2ccc3c(c2)CCC(=O)N3)CCO1. The molecule has 0 aromatic heterocycles. The van der Waals surface area contributed by atoms with Crippen molar-refractivity contribution in [2.45, 2.75) is 57.6 Å². The maximum Gasteiger partial charge on any atom is 0.224 e. The molecule has 21 heavy (non-hydrogen) atoms. The molecular formula is C17H24N2O2. The highest BCUT2D eigenvalue weighted by Crippen LogP contribution is 2.31. The van der Waals surface area contributed by atoms with Gasteiger partial charge < -0.3 is 15.4 Å². The van der Waals surface area contributed by atoms with Gasteiger partial charge in [0.25, 0.3) is 0 Å². The third-order valence-corrected chi connectivity index (χ3v) is 4.71. The molecule has 0 spiro atoms. The molecule has 4 heteroatoms. The zero-order valence-corrected chi connectivity index (χ0v) is 12.9. The van der Waals surface area contributed by atoms with Crippen molar-refractivity contribution in [2.75, 3.05) is 17.2 Å². The number of benzene rings is 1. The molecule has 0 aliphatic carbocycles. The monoisotopic (exact) mass is 288 g/mol. The topological polar surface area (TPSA) is 50.4 Å². The molecule has 0 saturated carbocycles. The number of carbonyl (C=O) groups excluding carboxylic acids is 1. The third-order valence-electron chi connectivity index (χ3n) is 4.71. The van der Waals surface area contributed by atoms with E-state index in [4.69, 9.17) is 4.74 Å². The Morgan fingerprint density at radius 2 is 2.29 bits per heavy atom. The summed E-state index contributed by atoms with van der Waals surface area (Å²) in [4.78, 5) is 11.4. The second-order valence-corrected chi connectivity index (χ2v) is 6.41. The van der Waals surface area contributed by atoms with E-state index in [9.17, 15) is 4.79 Å². The molecule has 0 radical (unpaired) electrons. The number of ether oxygens (including phenoxy) is 1. The fraction of sp³-hybridized carbons (Fsp3) is 0.588. The number of rotatable bonds is 3. The normalized spacial score (nSPS) is 28.7.